The lowest BCUT2D eigenvalue weighted by atomic mass is 10.2. The summed E-state index contributed by atoms with van der Waals surface area (Å²) in [5, 5.41) is 3.35. The fraction of sp³-hybridized carbons (Fsp3) is 0.389. The van der Waals surface area contributed by atoms with E-state index in [2.05, 4.69) is 65.4 Å². The summed E-state index contributed by atoms with van der Waals surface area (Å²) in [6.45, 7) is 7.19. The zero-order valence-electron chi connectivity index (χ0n) is 13.0. The number of benzene rings is 1. The van der Waals surface area contributed by atoms with Crippen molar-refractivity contribution in [2.75, 3.05) is 23.3 Å². The van der Waals surface area contributed by atoms with Gasteiger partial charge in [-0.3, -0.25) is 0 Å². The van der Waals surface area contributed by atoms with Crippen LogP contribution in [0.1, 0.15) is 32.3 Å². The molecule has 0 bridgehead atoms. The standard InChI is InChI=1S/C18H25N3/c1-3-5-14-21(17-11-7-6-8-12-17)15-16-10-9-13-20-18(16)19-4-2/h6-13H,3-5,14-15H2,1-2H3,(H,19,20). The summed E-state index contributed by atoms with van der Waals surface area (Å²) in [6, 6.07) is 14.8. The molecule has 0 spiro atoms. The summed E-state index contributed by atoms with van der Waals surface area (Å²) in [6.07, 6.45) is 4.25. The van der Waals surface area contributed by atoms with Gasteiger partial charge in [0, 0.05) is 37.1 Å². The first-order valence-corrected chi connectivity index (χ1v) is 7.83. The van der Waals surface area contributed by atoms with Crippen molar-refractivity contribution in [1.82, 2.24) is 4.98 Å². The number of pyridine rings is 1. The first-order valence-electron chi connectivity index (χ1n) is 7.83. The maximum Gasteiger partial charge on any atom is 0.130 e. The summed E-state index contributed by atoms with van der Waals surface area (Å²) in [7, 11) is 0. The fourth-order valence-corrected chi connectivity index (χ4v) is 2.39. The number of aromatic nitrogens is 1. The molecule has 0 fully saturated rings. The van der Waals surface area contributed by atoms with Gasteiger partial charge in [0.05, 0.1) is 0 Å². The van der Waals surface area contributed by atoms with E-state index < -0.39 is 0 Å². The quantitative estimate of drug-likeness (QED) is 0.782. The second kappa shape index (κ2) is 8.30. The summed E-state index contributed by atoms with van der Waals surface area (Å²) >= 11 is 0. The molecule has 0 aliphatic heterocycles. The number of hydrogen-bond acceptors (Lipinski definition) is 3. The minimum atomic E-state index is 0.889. The van der Waals surface area contributed by atoms with E-state index in [1.54, 1.807) is 0 Å². The van der Waals surface area contributed by atoms with E-state index in [0.29, 0.717) is 0 Å². The number of para-hydroxylation sites is 1. The third-order valence-electron chi connectivity index (χ3n) is 3.50. The van der Waals surface area contributed by atoms with Crippen molar-refractivity contribution in [1.29, 1.82) is 0 Å². The molecule has 2 rings (SSSR count). The van der Waals surface area contributed by atoms with Crippen molar-refractivity contribution in [2.24, 2.45) is 0 Å². The van der Waals surface area contributed by atoms with E-state index >= 15 is 0 Å². The van der Waals surface area contributed by atoms with Gasteiger partial charge in [0.1, 0.15) is 5.82 Å². The topological polar surface area (TPSA) is 28.2 Å². The Balaban J connectivity index is 2.19. The minimum absolute atomic E-state index is 0.889. The predicted molar refractivity (Wildman–Crippen MR) is 90.8 cm³/mol. The molecule has 0 aliphatic rings. The molecule has 0 atom stereocenters. The molecule has 0 radical (unpaired) electrons. The second-order valence-electron chi connectivity index (χ2n) is 5.15. The Labute approximate surface area is 128 Å². The van der Waals surface area contributed by atoms with Gasteiger partial charge in [-0.15, -0.1) is 0 Å². The highest BCUT2D eigenvalue weighted by atomic mass is 15.1. The van der Waals surface area contributed by atoms with Crippen molar-refractivity contribution in [3.8, 4) is 0 Å². The summed E-state index contributed by atoms with van der Waals surface area (Å²) < 4.78 is 0. The third kappa shape index (κ3) is 4.48. The molecular weight excluding hydrogens is 258 g/mol. The number of anilines is 2. The first-order chi connectivity index (χ1) is 10.3. The Bertz CT molecular complexity index is 525. The van der Waals surface area contributed by atoms with Gasteiger partial charge in [0.15, 0.2) is 0 Å². The molecule has 112 valence electrons. The van der Waals surface area contributed by atoms with Gasteiger partial charge in [0.2, 0.25) is 0 Å². The summed E-state index contributed by atoms with van der Waals surface area (Å²) in [5.74, 6) is 0.998. The molecule has 3 nitrogen and oxygen atoms in total. The SMILES string of the molecule is CCCCN(Cc1cccnc1NCC)c1ccccc1. The monoisotopic (exact) mass is 283 g/mol. The lowest BCUT2D eigenvalue weighted by Crippen LogP contribution is -2.24. The fourth-order valence-electron chi connectivity index (χ4n) is 2.39. The molecule has 3 heteroatoms. The zero-order chi connectivity index (χ0) is 14.9. The molecule has 0 saturated heterocycles. The number of hydrogen-bond donors (Lipinski definition) is 1. The van der Waals surface area contributed by atoms with E-state index in [4.69, 9.17) is 0 Å². The molecule has 2 aromatic rings. The van der Waals surface area contributed by atoms with E-state index in [1.807, 2.05) is 12.3 Å². The normalized spacial score (nSPS) is 10.4. The molecule has 21 heavy (non-hydrogen) atoms. The molecule has 1 heterocycles. The maximum absolute atomic E-state index is 4.46. The summed E-state index contributed by atoms with van der Waals surface area (Å²) in [5.41, 5.74) is 2.52. The van der Waals surface area contributed by atoms with Crippen molar-refractivity contribution in [2.45, 2.75) is 33.2 Å². The molecule has 1 aromatic heterocycles. The molecular formula is C18H25N3. The lowest BCUT2D eigenvalue weighted by molar-refractivity contribution is 0.715. The van der Waals surface area contributed by atoms with Gasteiger partial charge < -0.3 is 10.2 Å². The largest absolute Gasteiger partial charge is 0.370 e. The van der Waals surface area contributed by atoms with Crippen LogP contribution < -0.4 is 10.2 Å². The predicted octanol–water partition coefficient (Wildman–Crippen LogP) is 4.32. The highest BCUT2D eigenvalue weighted by Crippen LogP contribution is 2.20. The highest BCUT2D eigenvalue weighted by Gasteiger charge is 2.10. The second-order valence-corrected chi connectivity index (χ2v) is 5.15. The summed E-state index contributed by atoms with van der Waals surface area (Å²) in [4.78, 5) is 6.89. The Hall–Kier alpha value is -2.03. The van der Waals surface area contributed by atoms with Gasteiger partial charge in [-0.1, -0.05) is 37.6 Å². The van der Waals surface area contributed by atoms with Crippen LogP contribution in [-0.4, -0.2) is 18.1 Å². The van der Waals surface area contributed by atoms with Crippen LogP contribution in [0.4, 0.5) is 11.5 Å². The third-order valence-corrected chi connectivity index (χ3v) is 3.50. The van der Waals surface area contributed by atoms with Crippen molar-refractivity contribution >= 4 is 11.5 Å². The Morgan fingerprint density at radius 2 is 1.86 bits per heavy atom. The number of rotatable bonds is 8. The van der Waals surface area contributed by atoms with Gasteiger partial charge in [-0.2, -0.15) is 0 Å². The average Bonchev–Trinajstić information content (AvgIpc) is 2.54. The van der Waals surface area contributed by atoms with Gasteiger partial charge >= 0.3 is 0 Å². The maximum atomic E-state index is 4.46. The van der Waals surface area contributed by atoms with E-state index in [-0.39, 0.29) is 0 Å². The van der Waals surface area contributed by atoms with E-state index in [9.17, 15) is 0 Å². The number of nitrogens with zero attached hydrogens (tertiary/aromatic N) is 2. The van der Waals surface area contributed by atoms with Crippen LogP contribution in [0, 0.1) is 0 Å². The van der Waals surface area contributed by atoms with Crippen LogP contribution >= 0.6 is 0 Å². The van der Waals surface area contributed by atoms with Gasteiger partial charge in [-0.05, 0) is 31.5 Å². The molecule has 1 N–H and O–H groups in total. The number of unbranched alkanes of at least 4 members (excludes halogenated alkanes) is 1. The van der Waals surface area contributed by atoms with Crippen LogP contribution in [0.2, 0.25) is 0 Å². The minimum Gasteiger partial charge on any atom is -0.370 e. The zero-order valence-corrected chi connectivity index (χ0v) is 13.0. The van der Waals surface area contributed by atoms with Gasteiger partial charge in [0.25, 0.3) is 0 Å². The van der Waals surface area contributed by atoms with Crippen LogP contribution in [0.5, 0.6) is 0 Å². The Morgan fingerprint density at radius 3 is 2.57 bits per heavy atom. The molecule has 0 saturated carbocycles. The van der Waals surface area contributed by atoms with Crippen LogP contribution in [0.3, 0.4) is 0 Å². The smallest absolute Gasteiger partial charge is 0.130 e. The first kappa shape index (κ1) is 15.4. The van der Waals surface area contributed by atoms with E-state index in [0.717, 1.165) is 25.5 Å². The Morgan fingerprint density at radius 1 is 1.05 bits per heavy atom. The van der Waals surface area contributed by atoms with Gasteiger partial charge in [-0.25, -0.2) is 4.98 Å². The molecule has 0 unspecified atom stereocenters. The average molecular weight is 283 g/mol. The molecule has 0 aliphatic carbocycles. The molecule has 0 amide bonds. The highest BCUT2D eigenvalue weighted by molar-refractivity contribution is 5.50. The van der Waals surface area contributed by atoms with E-state index in [1.165, 1.54) is 24.1 Å². The van der Waals surface area contributed by atoms with Crippen molar-refractivity contribution < 1.29 is 0 Å². The lowest BCUT2D eigenvalue weighted by Gasteiger charge is -2.25. The van der Waals surface area contributed by atoms with Crippen LogP contribution in [0.25, 0.3) is 0 Å². The van der Waals surface area contributed by atoms with Crippen molar-refractivity contribution in [3.05, 3.63) is 54.2 Å². The Kier molecular flexibility index (Phi) is 6.07. The molecule has 1 aromatic carbocycles. The van der Waals surface area contributed by atoms with Crippen LogP contribution in [0.15, 0.2) is 48.7 Å². The number of nitrogens with one attached hydrogen (secondary N) is 1. The van der Waals surface area contributed by atoms with Crippen LogP contribution in [-0.2, 0) is 6.54 Å². The van der Waals surface area contributed by atoms with Crippen molar-refractivity contribution in [3.63, 3.8) is 0 Å².